The Labute approximate surface area is 121 Å². The summed E-state index contributed by atoms with van der Waals surface area (Å²) in [5.41, 5.74) is 7.50. The zero-order valence-electron chi connectivity index (χ0n) is 12.6. The fraction of sp³-hybridized carbons (Fsp3) is 0.625. The number of methoxy groups -OCH3 is 3. The van der Waals surface area contributed by atoms with Crippen LogP contribution in [0.2, 0.25) is 0 Å². The van der Waals surface area contributed by atoms with E-state index in [0.717, 1.165) is 11.3 Å². The van der Waals surface area contributed by atoms with Crippen molar-refractivity contribution in [1.82, 2.24) is 0 Å². The minimum absolute atomic E-state index is 0.00921. The summed E-state index contributed by atoms with van der Waals surface area (Å²) in [7, 11) is 4.93. The highest BCUT2D eigenvalue weighted by Crippen LogP contribution is 2.41. The van der Waals surface area contributed by atoms with Crippen LogP contribution >= 0.6 is 0 Å². The maximum Gasteiger partial charge on any atom is 0.164 e. The summed E-state index contributed by atoms with van der Waals surface area (Å²) < 4.78 is 16.2. The lowest BCUT2D eigenvalue weighted by atomic mass is 9.81. The molecule has 1 aliphatic carbocycles. The molecule has 0 heterocycles. The second kappa shape index (κ2) is 6.84. The molecule has 1 atom stereocenters. The van der Waals surface area contributed by atoms with Crippen LogP contribution in [0, 0.1) is 5.92 Å². The summed E-state index contributed by atoms with van der Waals surface area (Å²) in [5, 5.41) is 0. The van der Waals surface area contributed by atoms with E-state index in [1.54, 1.807) is 21.3 Å². The number of benzene rings is 1. The standard InChI is InChI=1S/C16H25NO3/c1-18-13-10-15(20-3)14(19-2)9-12(13)16(17)11-7-5-4-6-8-11/h9-11,16H,4-8,17H2,1-3H3. The van der Waals surface area contributed by atoms with Gasteiger partial charge in [0.1, 0.15) is 5.75 Å². The van der Waals surface area contributed by atoms with Crippen LogP contribution in [0.3, 0.4) is 0 Å². The normalized spacial score (nSPS) is 17.6. The van der Waals surface area contributed by atoms with Crippen LogP contribution in [-0.4, -0.2) is 21.3 Å². The minimum atomic E-state index is -0.00921. The van der Waals surface area contributed by atoms with Gasteiger partial charge in [0, 0.05) is 17.7 Å². The number of hydrogen-bond acceptors (Lipinski definition) is 4. The van der Waals surface area contributed by atoms with Crippen molar-refractivity contribution in [3.8, 4) is 17.2 Å². The Morgan fingerprint density at radius 3 is 2.00 bits per heavy atom. The SMILES string of the molecule is COc1cc(OC)c(C(N)C2CCCCC2)cc1OC. The van der Waals surface area contributed by atoms with Gasteiger partial charge in [-0.2, -0.15) is 0 Å². The maximum absolute atomic E-state index is 6.48. The molecule has 2 N–H and O–H groups in total. The monoisotopic (exact) mass is 279 g/mol. The van der Waals surface area contributed by atoms with Gasteiger partial charge in [-0.1, -0.05) is 19.3 Å². The first-order valence-electron chi connectivity index (χ1n) is 7.26. The Morgan fingerprint density at radius 2 is 1.45 bits per heavy atom. The molecule has 0 bridgehead atoms. The van der Waals surface area contributed by atoms with E-state index in [-0.39, 0.29) is 6.04 Å². The second-order valence-electron chi connectivity index (χ2n) is 5.37. The van der Waals surface area contributed by atoms with Gasteiger partial charge in [-0.3, -0.25) is 0 Å². The van der Waals surface area contributed by atoms with Crippen LogP contribution in [0.25, 0.3) is 0 Å². The summed E-state index contributed by atoms with van der Waals surface area (Å²) in [4.78, 5) is 0. The smallest absolute Gasteiger partial charge is 0.164 e. The Morgan fingerprint density at radius 1 is 0.900 bits per heavy atom. The van der Waals surface area contributed by atoms with E-state index in [0.29, 0.717) is 17.4 Å². The second-order valence-corrected chi connectivity index (χ2v) is 5.37. The molecule has 20 heavy (non-hydrogen) atoms. The van der Waals surface area contributed by atoms with E-state index in [2.05, 4.69) is 0 Å². The van der Waals surface area contributed by atoms with E-state index in [4.69, 9.17) is 19.9 Å². The minimum Gasteiger partial charge on any atom is -0.496 e. The van der Waals surface area contributed by atoms with Gasteiger partial charge in [0.15, 0.2) is 11.5 Å². The third-order valence-electron chi connectivity index (χ3n) is 4.25. The van der Waals surface area contributed by atoms with Gasteiger partial charge in [-0.05, 0) is 24.8 Å². The van der Waals surface area contributed by atoms with Gasteiger partial charge < -0.3 is 19.9 Å². The molecule has 0 spiro atoms. The molecule has 1 fully saturated rings. The van der Waals surface area contributed by atoms with Crippen LogP contribution < -0.4 is 19.9 Å². The molecule has 1 saturated carbocycles. The number of hydrogen-bond donors (Lipinski definition) is 1. The lowest BCUT2D eigenvalue weighted by Crippen LogP contribution is -2.24. The highest BCUT2D eigenvalue weighted by Gasteiger charge is 2.25. The van der Waals surface area contributed by atoms with Crippen molar-refractivity contribution < 1.29 is 14.2 Å². The van der Waals surface area contributed by atoms with Gasteiger partial charge in [0.05, 0.1) is 21.3 Å². The molecule has 0 radical (unpaired) electrons. The zero-order chi connectivity index (χ0) is 14.5. The van der Waals surface area contributed by atoms with E-state index < -0.39 is 0 Å². The predicted molar refractivity (Wildman–Crippen MR) is 79.6 cm³/mol. The number of ether oxygens (including phenoxy) is 3. The molecule has 1 aromatic carbocycles. The molecule has 2 rings (SSSR count). The van der Waals surface area contributed by atoms with Crippen molar-refractivity contribution in [2.75, 3.05) is 21.3 Å². The molecule has 0 amide bonds. The van der Waals surface area contributed by atoms with Crippen molar-refractivity contribution in [2.45, 2.75) is 38.1 Å². The number of rotatable bonds is 5. The van der Waals surface area contributed by atoms with Crippen LogP contribution in [0.1, 0.15) is 43.7 Å². The Hall–Kier alpha value is -1.42. The van der Waals surface area contributed by atoms with Gasteiger partial charge in [-0.25, -0.2) is 0 Å². The summed E-state index contributed by atoms with van der Waals surface area (Å²) >= 11 is 0. The molecular weight excluding hydrogens is 254 g/mol. The molecule has 1 aliphatic rings. The average molecular weight is 279 g/mol. The molecule has 0 saturated heterocycles. The fourth-order valence-electron chi connectivity index (χ4n) is 3.06. The molecule has 4 heteroatoms. The van der Waals surface area contributed by atoms with Gasteiger partial charge in [0.25, 0.3) is 0 Å². The number of nitrogens with two attached hydrogens (primary N) is 1. The molecule has 112 valence electrons. The van der Waals surface area contributed by atoms with E-state index in [1.807, 2.05) is 12.1 Å². The highest BCUT2D eigenvalue weighted by molar-refractivity contribution is 5.51. The molecule has 4 nitrogen and oxygen atoms in total. The zero-order valence-corrected chi connectivity index (χ0v) is 12.6. The maximum atomic E-state index is 6.48. The largest absolute Gasteiger partial charge is 0.496 e. The highest BCUT2D eigenvalue weighted by atomic mass is 16.5. The van der Waals surface area contributed by atoms with Crippen LogP contribution in [-0.2, 0) is 0 Å². The Kier molecular flexibility index (Phi) is 5.12. The first-order chi connectivity index (χ1) is 9.71. The predicted octanol–water partition coefficient (Wildman–Crippen LogP) is 3.29. The van der Waals surface area contributed by atoms with Crippen molar-refractivity contribution in [3.63, 3.8) is 0 Å². The quantitative estimate of drug-likeness (QED) is 0.898. The molecule has 1 unspecified atom stereocenters. The van der Waals surface area contributed by atoms with E-state index in [9.17, 15) is 0 Å². The van der Waals surface area contributed by atoms with E-state index in [1.165, 1.54) is 32.1 Å². The van der Waals surface area contributed by atoms with Crippen LogP contribution in [0.4, 0.5) is 0 Å². The van der Waals surface area contributed by atoms with Crippen molar-refractivity contribution in [2.24, 2.45) is 11.7 Å². The van der Waals surface area contributed by atoms with E-state index >= 15 is 0 Å². The first kappa shape index (κ1) is 15.0. The van der Waals surface area contributed by atoms with Crippen molar-refractivity contribution in [1.29, 1.82) is 0 Å². The molecule has 0 aromatic heterocycles. The third kappa shape index (κ3) is 3.01. The lowest BCUT2D eigenvalue weighted by molar-refractivity contribution is 0.298. The summed E-state index contributed by atoms with van der Waals surface area (Å²) in [5.74, 6) is 2.68. The lowest BCUT2D eigenvalue weighted by Gasteiger charge is -2.29. The molecular formula is C16H25NO3. The molecule has 1 aromatic rings. The summed E-state index contributed by atoms with van der Waals surface area (Å²) in [6.07, 6.45) is 6.26. The van der Waals surface area contributed by atoms with Gasteiger partial charge in [-0.15, -0.1) is 0 Å². The van der Waals surface area contributed by atoms with Crippen molar-refractivity contribution >= 4 is 0 Å². The third-order valence-corrected chi connectivity index (χ3v) is 4.25. The van der Waals surface area contributed by atoms with Gasteiger partial charge in [0.2, 0.25) is 0 Å². The fourth-order valence-corrected chi connectivity index (χ4v) is 3.06. The van der Waals surface area contributed by atoms with Crippen molar-refractivity contribution in [3.05, 3.63) is 17.7 Å². The summed E-state index contributed by atoms with van der Waals surface area (Å²) in [6.45, 7) is 0. The topological polar surface area (TPSA) is 53.7 Å². The first-order valence-corrected chi connectivity index (χ1v) is 7.26. The average Bonchev–Trinajstić information content (AvgIpc) is 2.53. The van der Waals surface area contributed by atoms with Crippen LogP contribution in [0.15, 0.2) is 12.1 Å². The Bertz CT molecular complexity index is 442. The van der Waals surface area contributed by atoms with Gasteiger partial charge >= 0.3 is 0 Å². The van der Waals surface area contributed by atoms with Crippen LogP contribution in [0.5, 0.6) is 17.2 Å². The molecule has 0 aliphatic heterocycles. The summed E-state index contributed by atoms with van der Waals surface area (Å²) in [6, 6.07) is 3.80. The Balaban J connectivity index is 2.32.